The first-order chi connectivity index (χ1) is 7.08. The lowest BCUT2D eigenvalue weighted by Crippen LogP contribution is -2.42. The van der Waals surface area contributed by atoms with E-state index in [-0.39, 0.29) is 5.41 Å². The van der Waals surface area contributed by atoms with Crippen LogP contribution < -0.4 is 10.5 Å². The van der Waals surface area contributed by atoms with Crippen molar-refractivity contribution < 1.29 is 8.42 Å². The summed E-state index contributed by atoms with van der Waals surface area (Å²) in [6.07, 6.45) is 4.05. The first-order valence-electron chi connectivity index (χ1n) is 5.53. The van der Waals surface area contributed by atoms with Crippen molar-refractivity contribution in [3.63, 3.8) is 0 Å². The van der Waals surface area contributed by atoms with Gasteiger partial charge in [-0.05, 0) is 37.6 Å². The van der Waals surface area contributed by atoms with E-state index in [1.165, 1.54) is 4.31 Å². The molecular formula is C9H19N3O2S. The van der Waals surface area contributed by atoms with E-state index in [4.69, 9.17) is 5.73 Å². The molecule has 0 aromatic rings. The monoisotopic (exact) mass is 233 g/mol. The van der Waals surface area contributed by atoms with Gasteiger partial charge in [-0.3, -0.25) is 0 Å². The minimum absolute atomic E-state index is 0.0623. The Labute approximate surface area is 91.2 Å². The molecule has 6 heteroatoms. The number of nitrogens with one attached hydrogen (secondary N) is 1. The smallest absolute Gasteiger partial charge is 0.279 e. The van der Waals surface area contributed by atoms with E-state index >= 15 is 0 Å². The molecule has 0 spiro atoms. The maximum Gasteiger partial charge on any atom is 0.279 e. The molecule has 0 atom stereocenters. The van der Waals surface area contributed by atoms with Gasteiger partial charge in [0.15, 0.2) is 0 Å². The average Bonchev–Trinajstić information content (AvgIpc) is 2.77. The Bertz CT molecular complexity index is 318. The molecule has 0 amide bonds. The van der Waals surface area contributed by atoms with Crippen molar-refractivity contribution in [1.29, 1.82) is 0 Å². The largest absolute Gasteiger partial charge is 0.330 e. The standard InChI is InChI=1S/C9H19N3O2S/c10-7-9(3-4-9)8-11-15(13,14)12-5-1-2-6-12/h11H,1-8,10H2. The Kier molecular flexibility index (Phi) is 3.03. The summed E-state index contributed by atoms with van der Waals surface area (Å²) in [5.74, 6) is 0. The van der Waals surface area contributed by atoms with E-state index in [1.807, 2.05) is 0 Å². The molecule has 88 valence electrons. The second-order valence-corrected chi connectivity index (χ2v) is 6.39. The van der Waals surface area contributed by atoms with Crippen molar-refractivity contribution in [3.8, 4) is 0 Å². The van der Waals surface area contributed by atoms with Gasteiger partial charge in [-0.25, -0.2) is 4.72 Å². The van der Waals surface area contributed by atoms with E-state index < -0.39 is 10.2 Å². The molecule has 1 heterocycles. The molecule has 2 fully saturated rings. The van der Waals surface area contributed by atoms with Crippen molar-refractivity contribution >= 4 is 10.2 Å². The molecule has 1 saturated carbocycles. The minimum atomic E-state index is -3.24. The van der Waals surface area contributed by atoms with Crippen molar-refractivity contribution in [3.05, 3.63) is 0 Å². The molecule has 0 bridgehead atoms. The fourth-order valence-electron chi connectivity index (χ4n) is 1.89. The molecule has 1 aliphatic carbocycles. The predicted octanol–water partition coefficient (Wildman–Crippen LogP) is -0.345. The number of nitrogens with two attached hydrogens (primary N) is 1. The van der Waals surface area contributed by atoms with Crippen LogP contribution >= 0.6 is 0 Å². The summed E-state index contributed by atoms with van der Waals surface area (Å²) >= 11 is 0. The van der Waals surface area contributed by atoms with E-state index in [1.54, 1.807) is 0 Å². The summed E-state index contributed by atoms with van der Waals surface area (Å²) in [4.78, 5) is 0. The summed E-state index contributed by atoms with van der Waals surface area (Å²) in [6, 6.07) is 0. The molecule has 2 aliphatic rings. The Morgan fingerprint density at radius 1 is 1.27 bits per heavy atom. The van der Waals surface area contributed by atoms with Crippen LogP contribution in [0.5, 0.6) is 0 Å². The number of nitrogens with zero attached hydrogens (tertiary/aromatic N) is 1. The highest BCUT2D eigenvalue weighted by atomic mass is 32.2. The fraction of sp³-hybridized carbons (Fsp3) is 1.00. The molecule has 15 heavy (non-hydrogen) atoms. The van der Waals surface area contributed by atoms with Gasteiger partial charge in [-0.1, -0.05) is 0 Å². The zero-order valence-corrected chi connectivity index (χ0v) is 9.72. The molecule has 2 rings (SSSR count). The van der Waals surface area contributed by atoms with Crippen molar-refractivity contribution in [1.82, 2.24) is 9.03 Å². The fourth-order valence-corrected chi connectivity index (χ4v) is 3.30. The Morgan fingerprint density at radius 3 is 2.33 bits per heavy atom. The van der Waals surface area contributed by atoms with Crippen molar-refractivity contribution in [2.45, 2.75) is 25.7 Å². The summed E-state index contributed by atoms with van der Waals surface area (Å²) in [7, 11) is -3.24. The molecule has 5 nitrogen and oxygen atoms in total. The third kappa shape index (κ3) is 2.50. The van der Waals surface area contributed by atoms with Gasteiger partial charge >= 0.3 is 0 Å². The highest BCUT2D eigenvalue weighted by Crippen LogP contribution is 2.43. The first kappa shape index (κ1) is 11.3. The van der Waals surface area contributed by atoms with E-state index in [0.717, 1.165) is 25.7 Å². The van der Waals surface area contributed by atoms with Crippen LogP contribution in [-0.4, -0.2) is 38.9 Å². The average molecular weight is 233 g/mol. The Balaban J connectivity index is 1.87. The normalized spacial score (nSPS) is 25.7. The predicted molar refractivity (Wildman–Crippen MR) is 58.5 cm³/mol. The quantitative estimate of drug-likeness (QED) is 0.682. The van der Waals surface area contributed by atoms with Crippen LogP contribution in [0.2, 0.25) is 0 Å². The lowest BCUT2D eigenvalue weighted by molar-refractivity contribution is 0.444. The van der Waals surface area contributed by atoms with Gasteiger partial charge < -0.3 is 5.73 Å². The van der Waals surface area contributed by atoms with Crippen LogP contribution in [0.25, 0.3) is 0 Å². The van der Waals surface area contributed by atoms with E-state index in [9.17, 15) is 8.42 Å². The highest BCUT2D eigenvalue weighted by Gasteiger charge is 2.42. The molecule has 0 radical (unpaired) electrons. The lowest BCUT2D eigenvalue weighted by atomic mass is 10.1. The summed E-state index contributed by atoms with van der Waals surface area (Å²) in [6.45, 7) is 2.40. The van der Waals surface area contributed by atoms with Gasteiger partial charge in [0.1, 0.15) is 0 Å². The second-order valence-electron chi connectivity index (χ2n) is 4.64. The zero-order chi connectivity index (χ0) is 10.9. The van der Waals surface area contributed by atoms with Gasteiger partial charge in [0.05, 0.1) is 0 Å². The third-order valence-corrected chi connectivity index (χ3v) is 4.98. The van der Waals surface area contributed by atoms with Crippen LogP contribution in [-0.2, 0) is 10.2 Å². The highest BCUT2D eigenvalue weighted by molar-refractivity contribution is 7.87. The summed E-state index contributed by atoms with van der Waals surface area (Å²) < 4.78 is 27.8. The van der Waals surface area contributed by atoms with Crippen LogP contribution in [0.1, 0.15) is 25.7 Å². The first-order valence-corrected chi connectivity index (χ1v) is 6.97. The Hall–Kier alpha value is -0.170. The minimum Gasteiger partial charge on any atom is -0.330 e. The topological polar surface area (TPSA) is 75.4 Å². The molecule has 0 aromatic heterocycles. The molecule has 1 aliphatic heterocycles. The molecule has 3 N–H and O–H groups in total. The maximum absolute atomic E-state index is 11.8. The van der Waals surface area contributed by atoms with Crippen LogP contribution in [0.4, 0.5) is 0 Å². The van der Waals surface area contributed by atoms with Crippen LogP contribution in [0.3, 0.4) is 0 Å². The third-order valence-electron chi connectivity index (χ3n) is 3.42. The Morgan fingerprint density at radius 2 is 1.87 bits per heavy atom. The zero-order valence-electron chi connectivity index (χ0n) is 8.91. The maximum atomic E-state index is 11.8. The molecular weight excluding hydrogens is 214 g/mol. The van der Waals surface area contributed by atoms with Gasteiger partial charge in [-0.15, -0.1) is 0 Å². The van der Waals surface area contributed by atoms with Crippen molar-refractivity contribution in [2.75, 3.05) is 26.2 Å². The van der Waals surface area contributed by atoms with Gasteiger partial charge in [0, 0.05) is 19.6 Å². The number of rotatable bonds is 5. The SMILES string of the molecule is NCC1(CNS(=O)(=O)N2CCCC2)CC1. The summed E-state index contributed by atoms with van der Waals surface area (Å²) in [5.41, 5.74) is 5.67. The van der Waals surface area contributed by atoms with Crippen LogP contribution in [0, 0.1) is 5.41 Å². The molecule has 0 aromatic carbocycles. The summed E-state index contributed by atoms with van der Waals surface area (Å²) in [5, 5.41) is 0. The second kappa shape index (κ2) is 4.01. The van der Waals surface area contributed by atoms with E-state index in [0.29, 0.717) is 26.2 Å². The lowest BCUT2D eigenvalue weighted by Gasteiger charge is -2.19. The molecule has 1 saturated heterocycles. The number of hydrogen-bond donors (Lipinski definition) is 2. The van der Waals surface area contributed by atoms with Gasteiger partial charge in [0.2, 0.25) is 0 Å². The van der Waals surface area contributed by atoms with Gasteiger partial charge in [-0.2, -0.15) is 12.7 Å². The van der Waals surface area contributed by atoms with Crippen LogP contribution in [0.15, 0.2) is 0 Å². The number of hydrogen-bond acceptors (Lipinski definition) is 3. The van der Waals surface area contributed by atoms with E-state index in [2.05, 4.69) is 4.72 Å². The van der Waals surface area contributed by atoms with Crippen molar-refractivity contribution in [2.24, 2.45) is 11.1 Å². The molecule has 0 unspecified atom stereocenters. The van der Waals surface area contributed by atoms with Gasteiger partial charge in [0.25, 0.3) is 10.2 Å².